The molecule has 6 rings (SSSR count). The van der Waals surface area contributed by atoms with Gasteiger partial charge in [0.1, 0.15) is 12.4 Å². The van der Waals surface area contributed by atoms with Crippen LogP contribution in [-0.4, -0.2) is 44.0 Å². The van der Waals surface area contributed by atoms with Gasteiger partial charge in [-0.3, -0.25) is 4.79 Å². The lowest BCUT2D eigenvalue weighted by Crippen LogP contribution is -2.15. The molecule has 0 bridgehead atoms. The Hall–Kier alpha value is -3.13. The van der Waals surface area contributed by atoms with Gasteiger partial charge in [-0.25, -0.2) is 0 Å². The Morgan fingerprint density at radius 2 is 1.46 bits per heavy atom. The van der Waals surface area contributed by atoms with Gasteiger partial charge in [0.2, 0.25) is 0 Å². The molecule has 1 aromatic heterocycles. The van der Waals surface area contributed by atoms with Crippen molar-refractivity contribution in [2.45, 2.75) is 83.1 Å². The van der Waals surface area contributed by atoms with Crippen LogP contribution in [0.25, 0.3) is 10.9 Å². The molecule has 0 unspecified atom stereocenters. The number of fused-ring (bicyclic) bond motifs is 1. The number of ether oxygens (including phenoxy) is 4. The van der Waals surface area contributed by atoms with E-state index in [1.165, 1.54) is 46.2 Å². The highest BCUT2D eigenvalue weighted by Gasteiger charge is 2.19. The summed E-state index contributed by atoms with van der Waals surface area (Å²) in [4.78, 5) is 14.9. The average molecular weight is 693 g/mol. The molecule has 2 fully saturated rings. The van der Waals surface area contributed by atoms with Gasteiger partial charge in [-0.1, -0.05) is 52.3 Å². The van der Waals surface area contributed by atoms with Crippen LogP contribution in [0.15, 0.2) is 60.7 Å². The minimum absolute atomic E-state index is 0. The van der Waals surface area contributed by atoms with Gasteiger partial charge in [0, 0.05) is 49.8 Å². The van der Waals surface area contributed by atoms with Gasteiger partial charge in [0.15, 0.2) is 0 Å². The standard InChI is InChI=1S/C26H31NO4.C13H17BrO.H2/c1-3-30-26(28)9-5-22-15-21-16-23(6-8-25(21)27-22)31-17-19-4-7-24(18(2)14-19)20-10-12-29-13-11-20;1-10-8-11(9-14)2-3-13(10)12-4-6-15-7-5-12;/h4,6-8,14-16,20,27H,3,5,9-13,17H2,1-2H3;2-3,8,12H,4-7,9H2,1H3;1H. The zero-order valence-electron chi connectivity index (χ0n) is 27.5. The fourth-order valence-corrected chi connectivity index (χ4v) is 6.96. The van der Waals surface area contributed by atoms with E-state index in [1.807, 2.05) is 25.1 Å². The van der Waals surface area contributed by atoms with Gasteiger partial charge in [0.25, 0.3) is 0 Å². The smallest absolute Gasteiger partial charge is 0.306 e. The molecule has 46 heavy (non-hydrogen) atoms. The summed E-state index contributed by atoms with van der Waals surface area (Å²) in [5.74, 6) is 2.00. The monoisotopic (exact) mass is 691 g/mol. The molecule has 7 heteroatoms. The predicted molar refractivity (Wildman–Crippen MR) is 190 cm³/mol. The first-order valence-electron chi connectivity index (χ1n) is 16.7. The predicted octanol–water partition coefficient (Wildman–Crippen LogP) is 9.47. The van der Waals surface area contributed by atoms with Crippen LogP contribution < -0.4 is 4.74 Å². The number of hydrogen-bond acceptors (Lipinski definition) is 5. The van der Waals surface area contributed by atoms with E-state index < -0.39 is 0 Å². The van der Waals surface area contributed by atoms with E-state index >= 15 is 0 Å². The average Bonchev–Trinajstić information content (AvgIpc) is 3.50. The molecular formula is C39H50BrNO5. The molecule has 0 saturated carbocycles. The van der Waals surface area contributed by atoms with Crippen molar-refractivity contribution in [1.82, 2.24) is 4.98 Å². The highest BCUT2D eigenvalue weighted by Crippen LogP contribution is 2.31. The number of benzene rings is 3. The van der Waals surface area contributed by atoms with Crippen molar-refractivity contribution in [3.8, 4) is 5.75 Å². The molecule has 4 aromatic rings. The van der Waals surface area contributed by atoms with Crippen LogP contribution in [-0.2, 0) is 37.4 Å². The Morgan fingerprint density at radius 1 is 0.848 bits per heavy atom. The first kappa shape index (κ1) is 34.2. The van der Waals surface area contributed by atoms with E-state index in [2.05, 4.69) is 77.2 Å². The zero-order chi connectivity index (χ0) is 32.3. The lowest BCUT2D eigenvalue weighted by molar-refractivity contribution is -0.143. The number of esters is 1. The molecule has 0 atom stereocenters. The van der Waals surface area contributed by atoms with Gasteiger partial charge < -0.3 is 23.9 Å². The maximum atomic E-state index is 11.6. The number of H-pyrrole nitrogens is 1. The lowest BCUT2D eigenvalue weighted by atomic mass is 9.88. The van der Waals surface area contributed by atoms with Crippen molar-refractivity contribution < 1.29 is 25.2 Å². The normalized spacial score (nSPS) is 15.7. The molecule has 3 heterocycles. The molecule has 0 radical (unpaired) electrons. The molecule has 0 amide bonds. The maximum Gasteiger partial charge on any atom is 0.306 e. The van der Waals surface area contributed by atoms with Crippen LogP contribution in [0.5, 0.6) is 5.75 Å². The van der Waals surface area contributed by atoms with Gasteiger partial charge >= 0.3 is 5.97 Å². The number of nitrogens with one attached hydrogen (secondary N) is 1. The SMILES string of the molecule is CCOC(=O)CCc1cc2cc(OCc3ccc(C4CCOCC4)c(C)c3)ccc2[nH]1.Cc1cc(CBr)ccc1C1CCOCC1.[HH]. The highest BCUT2D eigenvalue weighted by atomic mass is 79.9. The molecule has 0 spiro atoms. The minimum atomic E-state index is -0.164. The molecule has 2 saturated heterocycles. The summed E-state index contributed by atoms with van der Waals surface area (Å²) in [5, 5.41) is 2.03. The molecule has 1 N–H and O–H groups in total. The number of hydrogen-bond donors (Lipinski definition) is 1. The first-order valence-corrected chi connectivity index (χ1v) is 17.9. The van der Waals surface area contributed by atoms with E-state index in [1.54, 1.807) is 0 Å². The summed E-state index contributed by atoms with van der Waals surface area (Å²) in [5.41, 5.74) is 10.3. The number of aromatic amines is 1. The summed E-state index contributed by atoms with van der Waals surface area (Å²) >= 11 is 3.49. The molecule has 3 aromatic carbocycles. The Labute approximate surface area is 283 Å². The van der Waals surface area contributed by atoms with Crippen molar-refractivity contribution in [3.05, 3.63) is 99.7 Å². The summed E-state index contributed by atoms with van der Waals surface area (Å²) < 4.78 is 22.0. The third-order valence-corrected chi connectivity index (χ3v) is 9.75. The van der Waals surface area contributed by atoms with Crippen LogP contribution in [0.4, 0.5) is 0 Å². The van der Waals surface area contributed by atoms with Crippen molar-refractivity contribution in [3.63, 3.8) is 0 Å². The fourth-order valence-electron chi connectivity index (χ4n) is 6.61. The highest BCUT2D eigenvalue weighted by molar-refractivity contribution is 9.08. The largest absolute Gasteiger partial charge is 0.489 e. The van der Waals surface area contributed by atoms with E-state index in [0.717, 1.165) is 66.9 Å². The minimum Gasteiger partial charge on any atom is -0.489 e. The molecule has 248 valence electrons. The molecule has 2 aliphatic heterocycles. The Morgan fingerprint density at radius 3 is 2.04 bits per heavy atom. The van der Waals surface area contributed by atoms with Crippen molar-refractivity contribution in [2.75, 3.05) is 33.0 Å². The van der Waals surface area contributed by atoms with E-state index in [4.69, 9.17) is 18.9 Å². The number of halogens is 1. The Balaban J connectivity index is 0.000000262. The van der Waals surface area contributed by atoms with Crippen LogP contribution in [0, 0.1) is 13.8 Å². The second-order valence-corrected chi connectivity index (χ2v) is 13.0. The number of aryl methyl sites for hydroxylation is 3. The number of rotatable bonds is 10. The third kappa shape index (κ3) is 9.46. The Kier molecular flexibility index (Phi) is 12.8. The summed E-state index contributed by atoms with van der Waals surface area (Å²) in [7, 11) is 0. The molecular weight excluding hydrogens is 642 g/mol. The third-order valence-electron chi connectivity index (χ3n) is 9.10. The van der Waals surface area contributed by atoms with Gasteiger partial charge in [-0.05, 0) is 122 Å². The number of aromatic nitrogens is 1. The maximum absolute atomic E-state index is 11.6. The van der Waals surface area contributed by atoms with Crippen molar-refractivity contribution in [2.24, 2.45) is 0 Å². The van der Waals surface area contributed by atoms with Gasteiger partial charge in [0.05, 0.1) is 13.0 Å². The first-order chi connectivity index (χ1) is 22.4. The van der Waals surface area contributed by atoms with Crippen LogP contribution in [0.2, 0.25) is 0 Å². The number of alkyl halides is 1. The number of carbonyl (C=O) groups is 1. The Bertz CT molecular complexity index is 1580. The van der Waals surface area contributed by atoms with Crippen LogP contribution >= 0.6 is 15.9 Å². The van der Waals surface area contributed by atoms with E-state index in [-0.39, 0.29) is 7.40 Å². The molecule has 6 nitrogen and oxygen atoms in total. The van der Waals surface area contributed by atoms with Crippen LogP contribution in [0.3, 0.4) is 0 Å². The number of carbonyl (C=O) groups excluding carboxylic acids is 1. The zero-order valence-corrected chi connectivity index (χ0v) is 29.1. The second-order valence-electron chi connectivity index (χ2n) is 12.4. The summed E-state index contributed by atoms with van der Waals surface area (Å²) in [6.07, 6.45) is 5.59. The molecule has 0 aliphatic carbocycles. The summed E-state index contributed by atoms with van der Waals surface area (Å²) in [6, 6.07) is 21.6. The van der Waals surface area contributed by atoms with Gasteiger partial charge in [-0.15, -0.1) is 0 Å². The fraction of sp³-hybridized carbons (Fsp3) is 0.462. The quantitative estimate of drug-likeness (QED) is 0.133. The lowest BCUT2D eigenvalue weighted by Gasteiger charge is -2.24. The van der Waals surface area contributed by atoms with E-state index in [0.29, 0.717) is 37.9 Å². The van der Waals surface area contributed by atoms with Crippen molar-refractivity contribution >= 4 is 32.8 Å². The van der Waals surface area contributed by atoms with Crippen LogP contribution in [0.1, 0.15) is 91.4 Å². The topological polar surface area (TPSA) is 69.8 Å². The van der Waals surface area contributed by atoms with E-state index in [9.17, 15) is 4.79 Å². The van der Waals surface area contributed by atoms with Crippen molar-refractivity contribution in [1.29, 1.82) is 0 Å². The summed E-state index contributed by atoms with van der Waals surface area (Å²) in [6.45, 7) is 10.8. The molecule has 2 aliphatic rings. The van der Waals surface area contributed by atoms with Gasteiger partial charge in [-0.2, -0.15) is 0 Å². The second kappa shape index (κ2) is 17.1.